The fourth-order valence-electron chi connectivity index (χ4n) is 9.66. The van der Waals surface area contributed by atoms with Gasteiger partial charge in [-0.1, -0.05) is 93.6 Å². The monoisotopic (exact) mass is 1070 g/mol. The van der Waals surface area contributed by atoms with Crippen LogP contribution in [0.1, 0.15) is 102 Å². The minimum absolute atomic E-state index is 0.0154. The van der Waals surface area contributed by atoms with E-state index < -0.39 is 51.5 Å². The van der Waals surface area contributed by atoms with Crippen LogP contribution in [0.5, 0.6) is 5.75 Å². The second kappa shape index (κ2) is 28.4. The number of quaternary nitrogens is 1. The summed E-state index contributed by atoms with van der Waals surface area (Å²) in [5, 5.41) is 14.5. The molecule has 0 aliphatic carbocycles. The summed E-state index contributed by atoms with van der Waals surface area (Å²) in [6.07, 6.45) is 5.46. The fraction of sp³-hybridized carbons (Fsp3) is 0.544. The van der Waals surface area contributed by atoms with E-state index in [4.69, 9.17) is 27.2 Å². The zero-order chi connectivity index (χ0) is 55.6. The third kappa shape index (κ3) is 20.9. The molecule has 0 spiro atoms. The van der Waals surface area contributed by atoms with Crippen molar-refractivity contribution in [3.8, 4) is 5.75 Å². The summed E-state index contributed by atoms with van der Waals surface area (Å²) in [6.45, 7) is 14.2. The molecule has 0 saturated carbocycles. The van der Waals surface area contributed by atoms with Crippen molar-refractivity contribution < 1.29 is 60.4 Å². The van der Waals surface area contributed by atoms with Gasteiger partial charge in [-0.2, -0.15) is 0 Å². The molecule has 0 bridgehead atoms. The van der Waals surface area contributed by atoms with E-state index >= 15 is 0 Å². The Morgan fingerprint density at radius 3 is 1.95 bits per heavy atom. The summed E-state index contributed by atoms with van der Waals surface area (Å²) in [7, 11) is -2.10. The largest absolute Gasteiger partial charge is 0.748 e. The van der Waals surface area contributed by atoms with Gasteiger partial charge in [-0.05, 0) is 98.6 Å². The van der Waals surface area contributed by atoms with Crippen molar-refractivity contribution in [2.45, 2.75) is 124 Å². The fourth-order valence-corrected chi connectivity index (χ4v) is 9.66. The molecule has 4 aromatic rings. The highest BCUT2D eigenvalue weighted by Gasteiger charge is 2.50. The van der Waals surface area contributed by atoms with Crippen LogP contribution in [0, 0.1) is 23.7 Å². The van der Waals surface area contributed by atoms with Crippen molar-refractivity contribution in [1.82, 2.24) is 25.6 Å². The van der Waals surface area contributed by atoms with Gasteiger partial charge in [0.25, 0.3) is 0 Å². The first-order chi connectivity index (χ1) is 35.9. The number of epoxide rings is 1. The highest BCUT2D eigenvalue weighted by Crippen LogP contribution is 2.31. The summed E-state index contributed by atoms with van der Waals surface area (Å²) in [5.74, 6) is -2.72. The number of benzene rings is 3. The quantitative estimate of drug-likeness (QED) is 0.0235. The number of amides is 2. The molecule has 6 rings (SSSR count). The maximum atomic E-state index is 14.7. The Balaban J connectivity index is 0.00000203. The smallest absolute Gasteiger partial charge is 0.308 e. The normalized spacial score (nSPS) is 17.6. The lowest BCUT2D eigenvalue weighted by Crippen LogP contribution is -2.57. The van der Waals surface area contributed by atoms with Gasteiger partial charge in [0.1, 0.15) is 37.5 Å². The van der Waals surface area contributed by atoms with Crippen LogP contribution in [0.4, 0.5) is 0 Å². The number of nitrogens with zero attached hydrogens (tertiary/aromatic N) is 4. The summed E-state index contributed by atoms with van der Waals surface area (Å²) >= 11 is 0. The van der Waals surface area contributed by atoms with Crippen LogP contribution in [-0.2, 0) is 87.6 Å². The lowest BCUT2D eigenvalue weighted by atomic mass is 9.87. The van der Waals surface area contributed by atoms with E-state index in [1.165, 1.54) is 6.92 Å². The van der Waals surface area contributed by atoms with Gasteiger partial charge < -0.3 is 33.9 Å². The number of carbonyl (C=O) groups is 6. The van der Waals surface area contributed by atoms with E-state index in [0.29, 0.717) is 94.5 Å². The lowest BCUT2D eigenvalue weighted by molar-refractivity contribution is -0.940. The molecular formula is C57H78N6O12S. The van der Waals surface area contributed by atoms with Crippen molar-refractivity contribution in [2.24, 2.45) is 30.7 Å². The molecule has 5 atom stereocenters. The Morgan fingerprint density at radius 2 is 1.38 bits per heavy atom. The van der Waals surface area contributed by atoms with Crippen molar-refractivity contribution in [3.63, 3.8) is 0 Å². The molecule has 2 N–H and O–H groups in total. The van der Waals surface area contributed by atoms with Gasteiger partial charge in [0, 0.05) is 56.7 Å². The van der Waals surface area contributed by atoms with Crippen LogP contribution >= 0.6 is 0 Å². The third-order valence-electron chi connectivity index (χ3n) is 13.6. The second-order valence-electron chi connectivity index (χ2n) is 21.6. The van der Waals surface area contributed by atoms with E-state index in [0.717, 1.165) is 27.9 Å². The molecule has 0 radical (unpaired) electrons. The lowest BCUT2D eigenvalue weighted by Gasteiger charge is -2.41. The number of hydrogen-bond acceptors (Lipinski definition) is 14. The maximum absolute atomic E-state index is 14.7. The van der Waals surface area contributed by atoms with E-state index in [9.17, 15) is 28.8 Å². The maximum Gasteiger partial charge on any atom is 0.308 e. The van der Waals surface area contributed by atoms with Crippen molar-refractivity contribution in [2.75, 3.05) is 45.7 Å². The zero-order valence-electron chi connectivity index (χ0n) is 45.5. The molecule has 0 unspecified atom stereocenters. The highest BCUT2D eigenvalue weighted by molar-refractivity contribution is 7.84. The minimum Gasteiger partial charge on any atom is -0.748 e. The van der Waals surface area contributed by atoms with Gasteiger partial charge >= 0.3 is 5.97 Å². The summed E-state index contributed by atoms with van der Waals surface area (Å²) in [4.78, 5) is 83.8. The number of Topliss-reactive ketones (excluding diaryl/α,β-unsaturated/α-hetero) is 3. The number of ketones is 3. The topological polar surface area (TPSA) is 245 Å². The number of esters is 1. The second-order valence-corrected chi connectivity index (χ2v) is 23.0. The molecule has 2 aliphatic rings. The number of rotatable bonds is 28. The Hall–Kier alpha value is -5.99. The predicted molar refractivity (Wildman–Crippen MR) is 284 cm³/mol. The minimum atomic E-state index is -3.92. The first-order valence-corrected chi connectivity index (χ1v) is 28.1. The Bertz CT molecular complexity index is 2680. The Labute approximate surface area is 448 Å². The van der Waals surface area contributed by atoms with Crippen molar-refractivity contribution in [3.05, 3.63) is 113 Å². The Kier molecular flexibility index (Phi) is 22.7. The van der Waals surface area contributed by atoms with Gasteiger partial charge in [0.2, 0.25) is 11.8 Å². The molecule has 19 heteroatoms. The predicted octanol–water partition coefficient (Wildman–Crippen LogP) is 5.48. The first kappa shape index (κ1) is 60.9. The molecule has 2 amide bonds. The number of aromatic nitrogens is 3. The molecular weight excluding hydrogens is 993 g/mol. The number of aryl methyl sites for hydroxylation is 4. The van der Waals surface area contributed by atoms with Gasteiger partial charge in [0.05, 0.1) is 47.7 Å². The molecule has 2 fully saturated rings. The molecule has 76 heavy (non-hydrogen) atoms. The number of ether oxygens (including phenoxy) is 3. The van der Waals surface area contributed by atoms with Crippen LogP contribution in [-0.4, -0.2) is 131 Å². The zero-order valence-corrected chi connectivity index (χ0v) is 46.3. The third-order valence-corrected chi connectivity index (χ3v) is 13.6. The Morgan fingerprint density at radius 1 is 0.803 bits per heavy atom. The van der Waals surface area contributed by atoms with E-state index in [2.05, 4.69) is 20.9 Å². The number of morpholine rings is 1. The van der Waals surface area contributed by atoms with Crippen molar-refractivity contribution in [1.29, 1.82) is 0 Å². The van der Waals surface area contributed by atoms with Gasteiger partial charge in [0.15, 0.2) is 17.3 Å². The van der Waals surface area contributed by atoms with E-state index in [1.807, 2.05) is 114 Å². The molecule has 2 saturated heterocycles. The molecule has 2 aliphatic heterocycles. The van der Waals surface area contributed by atoms with Crippen LogP contribution in [0.15, 0.2) is 85.1 Å². The summed E-state index contributed by atoms with van der Waals surface area (Å²) in [5.41, 5.74) is 3.78. The van der Waals surface area contributed by atoms with E-state index in [1.54, 1.807) is 17.7 Å². The molecule has 18 nitrogen and oxygen atoms in total. The average Bonchev–Trinajstić information content (AvgIpc) is 3.97. The number of hydrogen-bond donors (Lipinski definition) is 2. The number of nitrogens with one attached hydrogen (secondary N) is 2. The first-order valence-electron chi connectivity index (χ1n) is 26.3. The van der Waals surface area contributed by atoms with Crippen LogP contribution in [0.3, 0.4) is 0 Å². The van der Waals surface area contributed by atoms with Gasteiger partial charge in [-0.3, -0.25) is 33.4 Å². The van der Waals surface area contributed by atoms with E-state index in [-0.39, 0.29) is 60.9 Å². The van der Waals surface area contributed by atoms with Crippen LogP contribution < -0.4 is 15.4 Å². The molecule has 1 aromatic heterocycles. The summed E-state index contributed by atoms with van der Waals surface area (Å²) < 4.78 is 46.1. The molecule has 3 heterocycles. The average molecular weight is 1070 g/mol. The number of carbonyl (C=O) groups excluding carboxylic acids is 6. The van der Waals surface area contributed by atoms with Crippen LogP contribution in [0.2, 0.25) is 0 Å². The summed E-state index contributed by atoms with van der Waals surface area (Å²) in [6, 6.07) is 23.2. The molecule has 414 valence electrons. The van der Waals surface area contributed by atoms with Gasteiger partial charge in [-0.15, -0.1) is 5.10 Å². The van der Waals surface area contributed by atoms with Gasteiger partial charge in [-0.25, -0.2) is 8.42 Å². The standard InChI is InChI=1S/C56H74N6O9.CH4O3S/c1-38(2)28-50(52(65)33-46(30-42-16-12-9-13-17-42)55(68)58-51(29-39(3)4)53(66)56(6)37-70-56)57-54(67)44(19-18-41-14-10-8-11-15-41)31-48(64)36-62(24-26-69-27-25-62)35-45-21-23-49(71-40(5)63)32-43(45)20-22-47-34-61(7)60-59-47;1-5(2,3)4/h8-17,21,23,32,34,38-39,44,46,50-51H,18-20,22,24-31,33,35-37H2,1-7H3,(H-,57,58,67,68);1H3,(H,2,3,4)/t44-,46-,50+,51+,56-;/m1./s1. The SMILES string of the molecule is CC(=O)Oc1ccc(C[N+]2(CC(=O)C[C@@H](CCc3ccccc3)C(=O)N[C@@H](CC(C)C)C(=O)C[C@@H](Cc3ccccc3)C(=O)N[C@@H](CC(C)C)C(=O)[C@@]3(C)CO3)CCOCC2)c(CCc2cn(C)nn2)c1.CS(=O)(=O)[O-]. The highest BCUT2D eigenvalue weighted by atomic mass is 32.2. The van der Waals surface area contributed by atoms with Crippen molar-refractivity contribution >= 4 is 45.3 Å². The molecule has 3 aromatic carbocycles. The van der Waals surface area contributed by atoms with Crippen LogP contribution in [0.25, 0.3) is 0 Å².